The number of hydrogen-bond acceptors (Lipinski definition) is 5. The standard InChI is InChI=1S/C23H20ClFN4O4/c1-12(13-4-7-19(32-2)26-9-13)27-22(30)14-8-18-23(31)28-17(11-29(18)10-14)15-5-6-16(24)21(33-3)20(15)25/h4-12H,1-3H3,(H,27,30)(H,28,31)/t12-/m0/s1. The molecule has 0 aliphatic carbocycles. The van der Waals surface area contributed by atoms with Gasteiger partial charge in [0.2, 0.25) is 5.88 Å². The molecule has 1 amide bonds. The van der Waals surface area contributed by atoms with Crippen molar-refractivity contribution in [2.24, 2.45) is 0 Å². The van der Waals surface area contributed by atoms with E-state index in [2.05, 4.69) is 15.3 Å². The number of carbonyl (C=O) groups is 1. The summed E-state index contributed by atoms with van der Waals surface area (Å²) in [5, 5.41) is 2.98. The zero-order valence-corrected chi connectivity index (χ0v) is 18.7. The number of hydrogen-bond donors (Lipinski definition) is 2. The number of fused-ring (bicyclic) bond motifs is 1. The zero-order valence-electron chi connectivity index (χ0n) is 18.0. The molecule has 10 heteroatoms. The third-order valence-corrected chi connectivity index (χ3v) is 5.52. The van der Waals surface area contributed by atoms with Gasteiger partial charge in [0.15, 0.2) is 11.6 Å². The van der Waals surface area contributed by atoms with Crippen LogP contribution in [0.1, 0.15) is 28.9 Å². The Morgan fingerprint density at radius 3 is 2.67 bits per heavy atom. The van der Waals surface area contributed by atoms with Crippen molar-refractivity contribution in [3.05, 3.63) is 81.2 Å². The minimum absolute atomic E-state index is 0.107. The first kappa shape index (κ1) is 22.3. The summed E-state index contributed by atoms with van der Waals surface area (Å²) < 4.78 is 26.3. The smallest absolute Gasteiger partial charge is 0.272 e. The molecular weight excluding hydrogens is 451 g/mol. The van der Waals surface area contributed by atoms with Gasteiger partial charge in [-0.25, -0.2) is 9.37 Å². The molecule has 0 bridgehead atoms. The van der Waals surface area contributed by atoms with Crippen LogP contribution in [0.15, 0.2) is 53.7 Å². The third kappa shape index (κ3) is 4.27. The quantitative estimate of drug-likeness (QED) is 0.444. The van der Waals surface area contributed by atoms with Crippen LogP contribution in [0.25, 0.3) is 16.8 Å². The van der Waals surface area contributed by atoms with Crippen LogP contribution in [0, 0.1) is 5.82 Å². The van der Waals surface area contributed by atoms with E-state index < -0.39 is 11.4 Å². The van der Waals surface area contributed by atoms with E-state index in [0.717, 1.165) is 5.56 Å². The maximum absolute atomic E-state index is 14.8. The lowest BCUT2D eigenvalue weighted by atomic mass is 10.1. The topological polar surface area (TPSA) is 97.7 Å². The Bertz CT molecular complexity index is 1400. The fourth-order valence-corrected chi connectivity index (χ4v) is 3.67. The Labute approximate surface area is 192 Å². The number of nitrogens with one attached hydrogen (secondary N) is 2. The second-order valence-electron chi connectivity index (χ2n) is 7.29. The van der Waals surface area contributed by atoms with E-state index in [1.807, 2.05) is 6.92 Å². The number of rotatable bonds is 6. The highest BCUT2D eigenvalue weighted by atomic mass is 35.5. The van der Waals surface area contributed by atoms with Gasteiger partial charge < -0.3 is 24.2 Å². The van der Waals surface area contributed by atoms with E-state index in [-0.39, 0.29) is 45.1 Å². The van der Waals surface area contributed by atoms with Crippen LogP contribution < -0.4 is 20.3 Å². The van der Waals surface area contributed by atoms with Crippen molar-refractivity contribution in [2.45, 2.75) is 13.0 Å². The van der Waals surface area contributed by atoms with E-state index in [4.69, 9.17) is 21.1 Å². The Balaban J connectivity index is 1.64. The molecule has 2 N–H and O–H groups in total. The number of methoxy groups -OCH3 is 2. The summed E-state index contributed by atoms with van der Waals surface area (Å²) in [6, 6.07) is 7.57. The van der Waals surface area contributed by atoms with Crippen LogP contribution in [0.4, 0.5) is 4.39 Å². The number of ether oxygens (including phenoxy) is 2. The number of amides is 1. The van der Waals surface area contributed by atoms with Crippen LogP contribution in [0.5, 0.6) is 11.6 Å². The normalized spacial score (nSPS) is 11.9. The number of carbonyl (C=O) groups excluding carboxylic acids is 1. The van der Waals surface area contributed by atoms with Crippen molar-refractivity contribution >= 4 is 23.0 Å². The first-order chi connectivity index (χ1) is 15.8. The van der Waals surface area contributed by atoms with Crippen LogP contribution in [0.2, 0.25) is 5.02 Å². The number of pyridine rings is 1. The van der Waals surface area contributed by atoms with E-state index in [1.165, 1.54) is 49.2 Å². The van der Waals surface area contributed by atoms with Gasteiger partial charge in [0.25, 0.3) is 11.5 Å². The molecule has 4 aromatic rings. The molecule has 8 nitrogen and oxygen atoms in total. The first-order valence-corrected chi connectivity index (χ1v) is 10.3. The Kier molecular flexibility index (Phi) is 6.06. The lowest BCUT2D eigenvalue weighted by Gasteiger charge is -2.13. The molecule has 1 atom stereocenters. The summed E-state index contributed by atoms with van der Waals surface area (Å²) in [5.41, 5.74) is 1.15. The second kappa shape index (κ2) is 8.95. The summed E-state index contributed by atoms with van der Waals surface area (Å²) in [7, 11) is 2.83. The van der Waals surface area contributed by atoms with Crippen molar-refractivity contribution < 1.29 is 18.7 Å². The number of H-pyrrole nitrogens is 1. The SMILES string of the molecule is COc1ccc([C@H](C)NC(=O)c2cc3c(=O)[nH]c(-c4ccc(Cl)c(OC)c4F)cn3c2)cn1. The first-order valence-electron chi connectivity index (χ1n) is 9.90. The van der Waals surface area contributed by atoms with Crippen LogP contribution in [0.3, 0.4) is 0 Å². The highest BCUT2D eigenvalue weighted by Gasteiger charge is 2.18. The van der Waals surface area contributed by atoms with Gasteiger partial charge in [0, 0.05) is 30.2 Å². The largest absolute Gasteiger partial charge is 0.492 e. The molecule has 0 spiro atoms. The molecule has 0 fully saturated rings. The zero-order chi connectivity index (χ0) is 23.7. The van der Waals surface area contributed by atoms with Gasteiger partial charge in [-0.1, -0.05) is 17.7 Å². The maximum atomic E-state index is 14.8. The van der Waals surface area contributed by atoms with E-state index >= 15 is 0 Å². The lowest BCUT2D eigenvalue weighted by Crippen LogP contribution is -2.26. The predicted octanol–water partition coefficient (Wildman–Crippen LogP) is 3.99. The molecule has 0 radical (unpaired) electrons. The number of benzene rings is 1. The van der Waals surface area contributed by atoms with Gasteiger partial charge in [-0.2, -0.15) is 0 Å². The molecule has 0 aliphatic rings. The monoisotopic (exact) mass is 470 g/mol. The summed E-state index contributed by atoms with van der Waals surface area (Å²) >= 11 is 5.96. The van der Waals surface area contributed by atoms with E-state index in [1.54, 1.807) is 18.3 Å². The highest BCUT2D eigenvalue weighted by molar-refractivity contribution is 6.32. The van der Waals surface area contributed by atoms with Gasteiger partial charge in [0.1, 0.15) is 5.52 Å². The molecule has 3 aromatic heterocycles. The predicted molar refractivity (Wildman–Crippen MR) is 122 cm³/mol. The minimum atomic E-state index is -0.702. The van der Waals surface area contributed by atoms with Crippen molar-refractivity contribution in [1.29, 1.82) is 0 Å². The number of aromatic nitrogens is 3. The second-order valence-corrected chi connectivity index (χ2v) is 7.70. The minimum Gasteiger partial charge on any atom is -0.492 e. The van der Waals surface area contributed by atoms with Gasteiger partial charge in [0.05, 0.1) is 36.5 Å². The molecule has 170 valence electrons. The summed E-state index contributed by atoms with van der Waals surface area (Å²) in [4.78, 5) is 32.2. The molecule has 3 heterocycles. The van der Waals surface area contributed by atoms with Crippen molar-refractivity contribution in [3.8, 4) is 22.9 Å². The van der Waals surface area contributed by atoms with Crippen LogP contribution in [-0.2, 0) is 0 Å². The summed E-state index contributed by atoms with van der Waals surface area (Å²) in [6.07, 6.45) is 4.65. The van der Waals surface area contributed by atoms with Gasteiger partial charge >= 0.3 is 0 Å². The molecule has 0 unspecified atom stereocenters. The molecule has 0 aliphatic heterocycles. The van der Waals surface area contributed by atoms with Crippen molar-refractivity contribution in [2.75, 3.05) is 14.2 Å². The Hall–Kier alpha value is -3.85. The molecule has 1 aromatic carbocycles. The lowest BCUT2D eigenvalue weighted by molar-refractivity contribution is 0.0940. The molecule has 33 heavy (non-hydrogen) atoms. The van der Waals surface area contributed by atoms with Crippen LogP contribution >= 0.6 is 11.6 Å². The number of aromatic amines is 1. The number of nitrogens with zero attached hydrogens (tertiary/aromatic N) is 2. The Morgan fingerprint density at radius 2 is 2.00 bits per heavy atom. The average molecular weight is 471 g/mol. The van der Waals surface area contributed by atoms with Gasteiger partial charge in [-0.3, -0.25) is 9.59 Å². The maximum Gasteiger partial charge on any atom is 0.272 e. The fraction of sp³-hybridized carbons (Fsp3) is 0.174. The third-order valence-electron chi connectivity index (χ3n) is 5.22. The molecule has 0 saturated heterocycles. The van der Waals surface area contributed by atoms with Gasteiger partial charge in [-0.15, -0.1) is 0 Å². The van der Waals surface area contributed by atoms with Crippen molar-refractivity contribution in [1.82, 2.24) is 19.7 Å². The fourth-order valence-electron chi connectivity index (χ4n) is 3.45. The molecule has 0 saturated carbocycles. The van der Waals surface area contributed by atoms with Crippen LogP contribution in [-0.4, -0.2) is 34.5 Å². The van der Waals surface area contributed by atoms with E-state index in [0.29, 0.717) is 5.88 Å². The van der Waals surface area contributed by atoms with E-state index in [9.17, 15) is 14.0 Å². The van der Waals surface area contributed by atoms with Gasteiger partial charge in [-0.05, 0) is 30.7 Å². The summed E-state index contributed by atoms with van der Waals surface area (Å²) in [6.45, 7) is 1.82. The molecular formula is C23H20ClFN4O4. The van der Waals surface area contributed by atoms with Crippen molar-refractivity contribution in [3.63, 3.8) is 0 Å². The Morgan fingerprint density at radius 1 is 1.21 bits per heavy atom. The average Bonchev–Trinajstić information content (AvgIpc) is 3.24. The molecule has 4 rings (SSSR count). The summed E-state index contributed by atoms with van der Waals surface area (Å²) in [5.74, 6) is -0.722. The number of halogens is 2. The highest BCUT2D eigenvalue weighted by Crippen LogP contribution is 2.34.